The summed E-state index contributed by atoms with van der Waals surface area (Å²) in [6, 6.07) is 8.26. The monoisotopic (exact) mass is 480 g/mol. The van der Waals surface area contributed by atoms with Gasteiger partial charge in [0.25, 0.3) is 5.91 Å². The fraction of sp³-hybridized carbons (Fsp3) is 0.389. The molecule has 3 rings (SSSR count). The van der Waals surface area contributed by atoms with Crippen molar-refractivity contribution in [1.82, 2.24) is 10.2 Å². The Hall–Kier alpha value is -1.48. The van der Waals surface area contributed by atoms with Crippen LogP contribution < -0.4 is 5.32 Å². The second-order valence-corrected chi connectivity index (χ2v) is 10.0. The number of thioether (sulfide) groups is 1. The van der Waals surface area contributed by atoms with Crippen LogP contribution in [0.15, 0.2) is 41.6 Å². The predicted molar refractivity (Wildman–Crippen MR) is 109 cm³/mol. The number of carbonyl (C=O) groups excluding carboxylic acids is 3. The van der Waals surface area contributed by atoms with Gasteiger partial charge in [-0.15, -0.1) is 11.8 Å². The molecule has 156 valence electrons. The third kappa shape index (κ3) is 5.17. The summed E-state index contributed by atoms with van der Waals surface area (Å²) in [6.45, 7) is -1.47. The lowest BCUT2D eigenvalue weighted by Crippen LogP contribution is -2.70. The second-order valence-electron chi connectivity index (χ2n) is 6.39. The molecule has 0 saturated carbocycles. The van der Waals surface area contributed by atoms with E-state index >= 15 is 0 Å². The van der Waals surface area contributed by atoms with Gasteiger partial charge in [-0.3, -0.25) is 14.5 Å². The standard InChI is InChI=1S/C18H16Cl3FN2O4S/c19-18(20,21)9-28-17(27)14-11(7-22)8-29-16-13(15(26)24(14)16)23-12(25)6-10-4-2-1-3-5-10/h1-5,13,16H,6-9H2,(H,23,25)/t13?,16-/m0/s1. The number of benzene rings is 1. The summed E-state index contributed by atoms with van der Waals surface area (Å²) in [5.74, 6) is -1.61. The van der Waals surface area contributed by atoms with Gasteiger partial charge in [-0.25, -0.2) is 9.18 Å². The predicted octanol–water partition coefficient (Wildman–Crippen LogP) is 2.77. The molecular weight excluding hydrogens is 466 g/mol. The lowest BCUT2D eigenvalue weighted by molar-refractivity contribution is -0.152. The number of hydrogen-bond acceptors (Lipinski definition) is 5. The van der Waals surface area contributed by atoms with E-state index in [4.69, 9.17) is 39.5 Å². The van der Waals surface area contributed by atoms with Crippen LogP contribution in [0.25, 0.3) is 0 Å². The number of ether oxygens (including phenoxy) is 1. The number of carbonyl (C=O) groups is 3. The van der Waals surface area contributed by atoms with Crippen molar-refractivity contribution in [2.24, 2.45) is 0 Å². The smallest absolute Gasteiger partial charge is 0.355 e. The summed E-state index contributed by atoms with van der Waals surface area (Å²) in [6.07, 6.45) is 0.117. The molecule has 0 spiro atoms. The molecule has 1 aromatic rings. The summed E-state index contributed by atoms with van der Waals surface area (Å²) in [5.41, 5.74) is 0.729. The van der Waals surface area contributed by atoms with Crippen molar-refractivity contribution in [2.45, 2.75) is 21.6 Å². The zero-order valence-corrected chi connectivity index (χ0v) is 18.0. The highest BCUT2D eigenvalue weighted by atomic mass is 35.6. The molecule has 1 aromatic carbocycles. The van der Waals surface area contributed by atoms with E-state index in [0.717, 1.165) is 10.5 Å². The van der Waals surface area contributed by atoms with Crippen molar-refractivity contribution >= 4 is 64.3 Å². The van der Waals surface area contributed by atoms with Crippen molar-refractivity contribution in [1.29, 1.82) is 0 Å². The minimum atomic E-state index is -1.83. The van der Waals surface area contributed by atoms with Crippen LogP contribution in [0, 0.1) is 0 Å². The molecule has 1 saturated heterocycles. The molecule has 0 radical (unpaired) electrons. The molecule has 2 aliphatic heterocycles. The van der Waals surface area contributed by atoms with Gasteiger partial charge in [0.05, 0.1) is 6.42 Å². The summed E-state index contributed by atoms with van der Waals surface area (Å²) in [4.78, 5) is 38.4. The van der Waals surface area contributed by atoms with Gasteiger partial charge in [-0.1, -0.05) is 65.1 Å². The van der Waals surface area contributed by atoms with Crippen LogP contribution in [0.1, 0.15) is 5.56 Å². The summed E-state index contributed by atoms with van der Waals surface area (Å²) in [5, 5.41) is 2.15. The van der Waals surface area contributed by atoms with Gasteiger partial charge in [-0.2, -0.15) is 0 Å². The topological polar surface area (TPSA) is 75.7 Å². The van der Waals surface area contributed by atoms with Crippen LogP contribution in [0.5, 0.6) is 0 Å². The first-order valence-electron chi connectivity index (χ1n) is 8.51. The summed E-state index contributed by atoms with van der Waals surface area (Å²) < 4.78 is 16.5. The number of amides is 2. The Kier molecular flexibility index (Phi) is 6.98. The molecule has 6 nitrogen and oxygen atoms in total. The quantitative estimate of drug-likeness (QED) is 0.384. The van der Waals surface area contributed by atoms with E-state index in [1.54, 1.807) is 12.1 Å². The third-order valence-corrected chi connectivity index (χ3v) is 5.96. The molecule has 2 amide bonds. The average Bonchev–Trinajstić information content (AvgIpc) is 2.69. The first kappa shape index (κ1) is 22.2. The molecule has 2 aliphatic rings. The molecule has 0 aliphatic carbocycles. The van der Waals surface area contributed by atoms with Crippen molar-refractivity contribution < 1.29 is 23.5 Å². The highest BCUT2D eigenvalue weighted by Gasteiger charge is 2.54. The highest BCUT2D eigenvalue weighted by Crippen LogP contribution is 2.41. The van der Waals surface area contributed by atoms with Crippen LogP contribution in [0.4, 0.5) is 4.39 Å². The fourth-order valence-corrected chi connectivity index (χ4v) is 4.48. The fourth-order valence-electron chi connectivity index (χ4n) is 3.00. The Labute approximate surface area is 185 Å². The molecule has 2 heterocycles. The Bertz CT molecular complexity index is 847. The van der Waals surface area contributed by atoms with Crippen molar-refractivity contribution in [3.8, 4) is 0 Å². The molecule has 1 fully saturated rings. The average molecular weight is 482 g/mol. The number of hydrogen-bond donors (Lipinski definition) is 1. The van der Waals surface area contributed by atoms with Crippen LogP contribution in [0.2, 0.25) is 0 Å². The molecule has 29 heavy (non-hydrogen) atoms. The van der Waals surface area contributed by atoms with E-state index in [0.29, 0.717) is 0 Å². The number of fused-ring (bicyclic) bond motifs is 1. The molecule has 0 aromatic heterocycles. The maximum Gasteiger partial charge on any atom is 0.355 e. The maximum absolute atomic E-state index is 13.4. The van der Waals surface area contributed by atoms with Gasteiger partial charge < -0.3 is 10.1 Å². The third-order valence-electron chi connectivity index (χ3n) is 4.29. The number of rotatable bonds is 6. The lowest BCUT2D eigenvalue weighted by Gasteiger charge is -2.49. The van der Waals surface area contributed by atoms with Gasteiger partial charge in [0.1, 0.15) is 30.4 Å². The van der Waals surface area contributed by atoms with E-state index in [-0.39, 0.29) is 29.4 Å². The van der Waals surface area contributed by atoms with Crippen LogP contribution in [0.3, 0.4) is 0 Å². The van der Waals surface area contributed by atoms with Crippen LogP contribution >= 0.6 is 46.6 Å². The summed E-state index contributed by atoms with van der Waals surface area (Å²) in [7, 11) is 0. The van der Waals surface area contributed by atoms with E-state index in [1.165, 1.54) is 11.8 Å². The van der Waals surface area contributed by atoms with Crippen LogP contribution in [-0.4, -0.2) is 56.9 Å². The number of β-lactam (4-membered cyclic amide) rings is 1. The zero-order valence-electron chi connectivity index (χ0n) is 14.9. The van der Waals surface area contributed by atoms with Crippen molar-refractivity contribution in [3.63, 3.8) is 0 Å². The minimum absolute atomic E-state index is 0.114. The van der Waals surface area contributed by atoms with E-state index < -0.39 is 40.4 Å². The van der Waals surface area contributed by atoms with Crippen LogP contribution in [-0.2, 0) is 25.5 Å². The number of alkyl halides is 4. The largest absolute Gasteiger partial charge is 0.456 e. The van der Waals surface area contributed by atoms with E-state index in [1.807, 2.05) is 18.2 Å². The van der Waals surface area contributed by atoms with Gasteiger partial charge in [0.2, 0.25) is 9.70 Å². The van der Waals surface area contributed by atoms with Gasteiger partial charge in [0.15, 0.2) is 0 Å². The molecule has 11 heteroatoms. The number of halogens is 4. The normalized spacial score (nSPS) is 21.4. The minimum Gasteiger partial charge on any atom is -0.456 e. The van der Waals surface area contributed by atoms with E-state index in [2.05, 4.69) is 5.32 Å². The summed E-state index contributed by atoms with van der Waals surface area (Å²) >= 11 is 18.0. The molecular formula is C18H16Cl3FN2O4S. The maximum atomic E-state index is 13.4. The molecule has 0 bridgehead atoms. The molecule has 1 N–H and O–H groups in total. The van der Waals surface area contributed by atoms with Crippen molar-refractivity contribution in [3.05, 3.63) is 47.2 Å². The Balaban J connectivity index is 1.68. The van der Waals surface area contributed by atoms with Crippen molar-refractivity contribution in [2.75, 3.05) is 19.0 Å². The molecule has 2 atom stereocenters. The zero-order chi connectivity index (χ0) is 21.2. The first-order valence-corrected chi connectivity index (χ1v) is 10.7. The number of nitrogens with zero attached hydrogens (tertiary/aromatic N) is 1. The number of nitrogens with one attached hydrogen (secondary N) is 1. The van der Waals surface area contributed by atoms with Gasteiger partial charge in [-0.05, 0) is 5.56 Å². The van der Waals surface area contributed by atoms with E-state index in [9.17, 15) is 18.8 Å². The Morgan fingerprint density at radius 2 is 1.97 bits per heavy atom. The van der Waals surface area contributed by atoms with Gasteiger partial charge >= 0.3 is 5.97 Å². The lowest BCUT2D eigenvalue weighted by atomic mass is 10.0. The second kappa shape index (κ2) is 9.12. The number of esters is 1. The Morgan fingerprint density at radius 3 is 2.59 bits per heavy atom. The first-order chi connectivity index (χ1) is 13.7. The van der Waals surface area contributed by atoms with Gasteiger partial charge in [0, 0.05) is 11.3 Å². The Morgan fingerprint density at radius 1 is 1.28 bits per heavy atom. The molecule has 1 unspecified atom stereocenters. The highest BCUT2D eigenvalue weighted by molar-refractivity contribution is 8.00. The SMILES string of the molecule is O=C(Cc1ccccc1)NC1C(=O)N2C(C(=O)OCC(Cl)(Cl)Cl)=C(CF)CS[C@@H]12.